The number of benzene rings is 7. The summed E-state index contributed by atoms with van der Waals surface area (Å²) in [5.74, 6) is 0. The van der Waals surface area contributed by atoms with Crippen LogP contribution < -0.4 is 0 Å². The predicted octanol–water partition coefficient (Wildman–Crippen LogP) is 11.9. The first-order valence-corrected chi connectivity index (χ1v) is 14.3. The fraction of sp³-hybridized carbons (Fsp3) is 0. The lowest BCUT2D eigenvalue weighted by atomic mass is 9.97. The van der Waals surface area contributed by atoms with E-state index in [9.17, 15) is 2.74 Å². The minimum Gasteiger partial charge on any atom is -0.456 e. The van der Waals surface area contributed by atoms with Gasteiger partial charge in [-0.1, -0.05) is 96.8 Å². The van der Waals surface area contributed by atoms with Crippen LogP contribution >= 0.6 is 0 Å². The van der Waals surface area contributed by atoms with Crippen molar-refractivity contribution in [2.75, 3.05) is 0 Å². The van der Waals surface area contributed by atoms with Crippen molar-refractivity contribution >= 4 is 65.7 Å². The topological polar surface area (TPSA) is 31.2 Å². The van der Waals surface area contributed by atoms with Crippen molar-refractivity contribution in [1.29, 1.82) is 0 Å². The monoisotopic (exact) mass is 587 g/mol. The fourth-order valence-electron chi connectivity index (χ4n) is 6.37. The minimum absolute atomic E-state index is 0.0800. The Bertz CT molecular complexity index is 3420. The molecule has 0 N–H and O–H groups in total. The molecule has 0 saturated carbocycles. The van der Waals surface area contributed by atoms with E-state index in [1.54, 1.807) is 12.1 Å². The first-order valence-electron chi connectivity index (χ1n) is 20.3. The Morgan fingerprint density at radius 3 is 2.11 bits per heavy atom. The smallest absolute Gasteiger partial charge is 0.160 e. The molecule has 0 amide bonds. The molecule has 3 heterocycles. The Morgan fingerprint density at radius 2 is 1.20 bits per heavy atom. The van der Waals surface area contributed by atoms with Crippen molar-refractivity contribution in [1.82, 2.24) is 4.57 Å². The third-order valence-corrected chi connectivity index (χ3v) is 8.32. The van der Waals surface area contributed by atoms with E-state index in [-0.39, 0.29) is 50.2 Å². The molecule has 0 spiro atoms. The molecule has 7 aromatic carbocycles. The molecule has 3 nitrogen and oxygen atoms in total. The average Bonchev–Trinajstić information content (AvgIpc) is 3.91. The summed E-state index contributed by atoms with van der Waals surface area (Å²) >= 11 is 0. The van der Waals surface area contributed by atoms with E-state index in [0.29, 0.717) is 22.4 Å². The number of rotatable bonds is 3. The van der Waals surface area contributed by atoms with Gasteiger partial charge < -0.3 is 13.4 Å². The van der Waals surface area contributed by atoms with Crippen molar-refractivity contribution in [2.24, 2.45) is 0 Å². The van der Waals surface area contributed by atoms with Crippen LogP contribution in [-0.4, -0.2) is 4.57 Å². The molecule has 0 unspecified atom stereocenters. The van der Waals surface area contributed by atoms with Crippen LogP contribution in [0.15, 0.2) is 160 Å². The lowest BCUT2D eigenvalue weighted by Gasteiger charge is -2.14. The van der Waals surface area contributed by atoms with Gasteiger partial charge in [0.1, 0.15) is 16.7 Å². The number of para-hydroxylation sites is 3. The highest BCUT2D eigenvalue weighted by Gasteiger charge is 2.20. The van der Waals surface area contributed by atoms with Crippen LogP contribution in [0, 0.1) is 0 Å². The molecule has 0 atom stereocenters. The van der Waals surface area contributed by atoms with E-state index in [1.165, 1.54) is 6.07 Å². The zero-order chi connectivity index (χ0) is 39.9. The summed E-state index contributed by atoms with van der Waals surface area (Å²) in [6, 6.07) is 18.4. The van der Waals surface area contributed by atoms with Crippen LogP contribution in [-0.2, 0) is 0 Å². The highest BCUT2D eigenvalue weighted by Crippen LogP contribution is 2.42. The van der Waals surface area contributed by atoms with Crippen molar-refractivity contribution in [3.8, 4) is 27.9 Å². The van der Waals surface area contributed by atoms with Gasteiger partial charge in [0, 0.05) is 38.0 Å². The maximum Gasteiger partial charge on any atom is 0.160 e. The zero-order valence-electron chi connectivity index (χ0n) is 35.3. The molecule has 0 aliphatic heterocycles. The van der Waals surface area contributed by atoms with E-state index in [4.69, 9.17) is 22.5 Å². The van der Waals surface area contributed by atoms with Gasteiger partial charge in [0.25, 0.3) is 0 Å². The highest BCUT2D eigenvalue weighted by atomic mass is 16.3. The number of furan rings is 2. The maximum absolute atomic E-state index is 9.54. The normalized spacial score (nSPS) is 15.7. The van der Waals surface area contributed by atoms with Gasteiger partial charge in [-0.15, -0.1) is 0 Å². The molecule has 0 saturated heterocycles. The third kappa shape index (κ3) is 3.58. The van der Waals surface area contributed by atoms with E-state index < -0.39 is 66.5 Å². The third-order valence-electron chi connectivity index (χ3n) is 8.32. The second-order valence-corrected chi connectivity index (χ2v) is 10.8. The molecule has 0 bridgehead atoms. The van der Waals surface area contributed by atoms with Gasteiger partial charge in [-0.3, -0.25) is 0 Å². The Balaban J connectivity index is 1.39. The summed E-state index contributed by atoms with van der Waals surface area (Å²) < 4.78 is 119. The number of fused-ring (bicyclic) bond motifs is 10. The first kappa shape index (κ1) is 15.6. The van der Waals surface area contributed by atoms with Gasteiger partial charge in [-0.2, -0.15) is 0 Å². The van der Waals surface area contributed by atoms with Crippen molar-refractivity contribution in [2.45, 2.75) is 0 Å². The van der Waals surface area contributed by atoms with Gasteiger partial charge in [-0.25, -0.2) is 0 Å². The standard InChI is InChI=1S/C42H25NO2/c1-2-10-26(11-3-1)28-22-29(27-18-21-40-36(25-27)33-14-6-8-16-38(33)44-40)24-30(23-28)43-37-15-7-4-12-31(37)34-19-20-35-32-13-5-9-17-39(32)45-42(35)41(34)43/h1-25H/i1D,2D,3D,6D,8D,10D,11D,14D,16D,18D,21D,25D. The summed E-state index contributed by atoms with van der Waals surface area (Å²) in [4.78, 5) is 0. The lowest BCUT2D eigenvalue weighted by molar-refractivity contribution is 0.669. The summed E-state index contributed by atoms with van der Waals surface area (Å²) in [6.07, 6.45) is 0. The minimum atomic E-state index is -0.567. The highest BCUT2D eigenvalue weighted by molar-refractivity contribution is 6.21. The van der Waals surface area contributed by atoms with Crippen LogP contribution in [0.4, 0.5) is 0 Å². The molecular formula is C42H25NO2. The van der Waals surface area contributed by atoms with Crippen LogP contribution in [0.3, 0.4) is 0 Å². The van der Waals surface area contributed by atoms with E-state index >= 15 is 0 Å². The molecule has 0 fully saturated rings. The molecular weight excluding hydrogens is 550 g/mol. The summed E-state index contributed by atoms with van der Waals surface area (Å²) in [5.41, 5.74) is 2.76. The summed E-state index contributed by atoms with van der Waals surface area (Å²) in [6.45, 7) is 0. The number of hydrogen-bond acceptors (Lipinski definition) is 2. The second kappa shape index (κ2) is 9.22. The number of aromatic nitrogens is 1. The Morgan fingerprint density at radius 1 is 0.467 bits per heavy atom. The van der Waals surface area contributed by atoms with Gasteiger partial charge in [0.15, 0.2) is 5.58 Å². The summed E-state index contributed by atoms with van der Waals surface area (Å²) in [5, 5.41) is 3.30. The fourth-order valence-corrected chi connectivity index (χ4v) is 6.37. The van der Waals surface area contributed by atoms with E-state index in [1.807, 2.05) is 65.2 Å². The zero-order valence-corrected chi connectivity index (χ0v) is 23.3. The van der Waals surface area contributed by atoms with E-state index in [0.717, 1.165) is 27.1 Å². The summed E-state index contributed by atoms with van der Waals surface area (Å²) in [7, 11) is 0. The Labute approximate surface area is 275 Å². The quantitative estimate of drug-likeness (QED) is 0.206. The first-order chi connectivity index (χ1) is 27.3. The average molecular weight is 588 g/mol. The van der Waals surface area contributed by atoms with Crippen LogP contribution in [0.25, 0.3) is 93.6 Å². The van der Waals surface area contributed by atoms with Crippen molar-refractivity contribution < 1.29 is 25.3 Å². The second-order valence-electron chi connectivity index (χ2n) is 10.8. The van der Waals surface area contributed by atoms with Crippen molar-refractivity contribution in [3.63, 3.8) is 0 Å². The number of nitrogens with zero attached hydrogens (tertiary/aromatic N) is 1. The van der Waals surface area contributed by atoms with Crippen molar-refractivity contribution in [3.05, 3.63) is 151 Å². The van der Waals surface area contributed by atoms with Gasteiger partial charge in [0.05, 0.1) is 27.5 Å². The molecule has 45 heavy (non-hydrogen) atoms. The molecule has 0 aliphatic carbocycles. The predicted molar refractivity (Wildman–Crippen MR) is 186 cm³/mol. The molecule has 210 valence electrons. The van der Waals surface area contributed by atoms with Gasteiger partial charge in [-0.05, 0) is 76.8 Å². The van der Waals surface area contributed by atoms with Crippen LogP contribution in [0.2, 0.25) is 0 Å². The Kier molecular flexibility index (Phi) is 3.20. The number of hydrogen-bond donors (Lipinski definition) is 0. The molecule has 3 heteroatoms. The molecule has 0 aliphatic rings. The Hall–Kier alpha value is -6.06. The SMILES string of the molecule is [2H]c1c([2H])c([2H])c(-c2cc(-c3c([2H])c([2H])c4oc5c([2H])c([2H])c([2H])c([2H])c5c4c3[2H])cc(-n3c4ccccc4c4ccc5c6ccccc6oc5c43)c2)c([2H])c1[2H]. The molecule has 3 aromatic heterocycles. The maximum atomic E-state index is 9.54. The molecule has 10 rings (SSSR count). The van der Waals surface area contributed by atoms with E-state index in [2.05, 4.69) is 0 Å². The molecule has 10 aromatic rings. The van der Waals surface area contributed by atoms with Gasteiger partial charge >= 0.3 is 0 Å². The van der Waals surface area contributed by atoms with Crippen LogP contribution in [0.1, 0.15) is 16.4 Å². The molecule has 0 radical (unpaired) electrons. The lowest BCUT2D eigenvalue weighted by Crippen LogP contribution is -1.96. The largest absolute Gasteiger partial charge is 0.456 e. The van der Waals surface area contributed by atoms with Gasteiger partial charge in [0.2, 0.25) is 0 Å². The van der Waals surface area contributed by atoms with Crippen LogP contribution in [0.5, 0.6) is 0 Å².